The van der Waals surface area contributed by atoms with Crippen LogP contribution >= 0.6 is 0 Å². The number of halogens is 3. The van der Waals surface area contributed by atoms with Crippen LogP contribution in [0, 0.1) is 0 Å². The van der Waals surface area contributed by atoms with E-state index in [9.17, 15) is 13.2 Å². The molecule has 0 aromatic rings. The van der Waals surface area contributed by atoms with Gasteiger partial charge < -0.3 is 5.32 Å². The molecule has 0 fully saturated rings. The molecule has 0 saturated heterocycles. The Labute approximate surface area is 57.9 Å². The minimum atomic E-state index is -4.16. The fraction of sp³-hybridized carbons (Fsp3) is 0.667. The smallest absolute Gasteiger partial charge is 0.319 e. The summed E-state index contributed by atoms with van der Waals surface area (Å²) in [6, 6.07) is 0. The lowest BCUT2D eigenvalue weighted by molar-refractivity contribution is -0.0800. The molecule has 0 amide bonds. The molecule has 0 radical (unpaired) electrons. The summed E-state index contributed by atoms with van der Waals surface area (Å²) in [6.07, 6.45) is -2.38. The van der Waals surface area contributed by atoms with Gasteiger partial charge in [-0.05, 0) is 20.0 Å². The van der Waals surface area contributed by atoms with E-state index < -0.39 is 6.18 Å². The molecule has 0 saturated carbocycles. The van der Waals surface area contributed by atoms with Gasteiger partial charge in [0.25, 0.3) is 0 Å². The number of alkyl halides is 3. The average molecular weight is 153 g/mol. The summed E-state index contributed by atoms with van der Waals surface area (Å²) in [5.74, 6) is 0. The standard InChI is InChI=1S/C6H10F3N/c1-10-5-3-2-4-6(7,8)9/h2,4,10H,3,5H2,1H3/b4-2+. The van der Waals surface area contributed by atoms with Crippen LogP contribution in [0.25, 0.3) is 0 Å². The van der Waals surface area contributed by atoms with Crippen molar-refractivity contribution in [3.63, 3.8) is 0 Å². The zero-order chi connectivity index (χ0) is 8.04. The third kappa shape index (κ3) is 7.49. The Morgan fingerprint density at radius 1 is 1.40 bits per heavy atom. The number of rotatable bonds is 3. The molecule has 0 bridgehead atoms. The monoisotopic (exact) mass is 153 g/mol. The van der Waals surface area contributed by atoms with E-state index in [-0.39, 0.29) is 6.08 Å². The number of nitrogens with one attached hydrogen (secondary N) is 1. The highest BCUT2D eigenvalue weighted by molar-refractivity contribution is 4.88. The second kappa shape index (κ2) is 4.33. The van der Waals surface area contributed by atoms with Crippen LogP contribution in [-0.2, 0) is 0 Å². The highest BCUT2D eigenvalue weighted by Gasteiger charge is 2.21. The summed E-state index contributed by atoms with van der Waals surface area (Å²) in [5.41, 5.74) is 0. The molecule has 0 heterocycles. The molecule has 0 rings (SSSR count). The minimum Gasteiger partial charge on any atom is -0.319 e. The largest absolute Gasteiger partial charge is 0.409 e. The van der Waals surface area contributed by atoms with Crippen molar-refractivity contribution in [2.24, 2.45) is 0 Å². The Morgan fingerprint density at radius 3 is 2.40 bits per heavy atom. The lowest BCUT2D eigenvalue weighted by Gasteiger charge is -1.96. The van der Waals surface area contributed by atoms with Crippen LogP contribution in [0.15, 0.2) is 12.2 Å². The van der Waals surface area contributed by atoms with Crippen molar-refractivity contribution in [3.8, 4) is 0 Å². The molecule has 4 heteroatoms. The summed E-state index contributed by atoms with van der Waals surface area (Å²) in [4.78, 5) is 0. The van der Waals surface area contributed by atoms with Gasteiger partial charge in [-0.25, -0.2) is 0 Å². The molecule has 0 aromatic carbocycles. The molecule has 10 heavy (non-hydrogen) atoms. The highest BCUT2D eigenvalue weighted by Crippen LogP contribution is 2.15. The SMILES string of the molecule is CNCC/C=C/C(F)(F)F. The molecule has 0 unspecified atom stereocenters. The molecular formula is C6H10F3N. The molecule has 1 nitrogen and oxygen atoms in total. The van der Waals surface area contributed by atoms with E-state index in [2.05, 4.69) is 5.32 Å². The number of hydrogen-bond acceptors (Lipinski definition) is 1. The minimum absolute atomic E-state index is 0.254. The summed E-state index contributed by atoms with van der Waals surface area (Å²) in [6.45, 7) is 0.576. The summed E-state index contributed by atoms with van der Waals surface area (Å²) in [7, 11) is 1.70. The van der Waals surface area contributed by atoms with Crippen molar-refractivity contribution < 1.29 is 13.2 Å². The summed E-state index contributed by atoms with van der Waals surface area (Å²) in [5, 5.41) is 2.74. The van der Waals surface area contributed by atoms with Gasteiger partial charge in [-0.2, -0.15) is 13.2 Å². The fourth-order valence-corrected chi connectivity index (χ4v) is 0.445. The fourth-order valence-electron chi connectivity index (χ4n) is 0.445. The van der Waals surface area contributed by atoms with E-state index in [4.69, 9.17) is 0 Å². The van der Waals surface area contributed by atoms with Crippen LogP contribution < -0.4 is 5.32 Å². The predicted molar refractivity (Wildman–Crippen MR) is 33.7 cm³/mol. The molecule has 0 aliphatic carbocycles. The van der Waals surface area contributed by atoms with E-state index in [0.29, 0.717) is 13.0 Å². The van der Waals surface area contributed by atoms with Gasteiger partial charge in [0.15, 0.2) is 0 Å². The van der Waals surface area contributed by atoms with Crippen molar-refractivity contribution in [1.82, 2.24) is 5.32 Å². The molecule has 1 N–H and O–H groups in total. The molecular weight excluding hydrogens is 143 g/mol. The predicted octanol–water partition coefficient (Wildman–Crippen LogP) is 1.71. The van der Waals surface area contributed by atoms with Crippen LogP contribution in [0.5, 0.6) is 0 Å². The van der Waals surface area contributed by atoms with Crippen LogP contribution in [0.2, 0.25) is 0 Å². The zero-order valence-corrected chi connectivity index (χ0v) is 5.70. The third-order valence-electron chi connectivity index (χ3n) is 0.868. The Morgan fingerprint density at radius 2 is 2.00 bits per heavy atom. The lowest BCUT2D eigenvalue weighted by atomic mass is 10.4. The van der Waals surface area contributed by atoms with Gasteiger partial charge in [-0.15, -0.1) is 0 Å². The van der Waals surface area contributed by atoms with Gasteiger partial charge in [0.05, 0.1) is 0 Å². The van der Waals surface area contributed by atoms with Gasteiger partial charge in [-0.1, -0.05) is 6.08 Å². The first-order chi connectivity index (χ1) is 4.56. The Balaban J connectivity index is 3.37. The molecule has 0 aromatic heterocycles. The Bertz CT molecular complexity index is 106. The Hall–Kier alpha value is -0.510. The van der Waals surface area contributed by atoms with Gasteiger partial charge in [0, 0.05) is 6.08 Å². The van der Waals surface area contributed by atoms with E-state index in [1.807, 2.05) is 0 Å². The topological polar surface area (TPSA) is 12.0 Å². The highest BCUT2D eigenvalue weighted by atomic mass is 19.4. The Kier molecular flexibility index (Phi) is 4.11. The second-order valence-corrected chi connectivity index (χ2v) is 1.84. The van der Waals surface area contributed by atoms with Crippen molar-refractivity contribution in [3.05, 3.63) is 12.2 Å². The molecule has 0 spiro atoms. The van der Waals surface area contributed by atoms with E-state index in [0.717, 1.165) is 6.08 Å². The van der Waals surface area contributed by atoms with Crippen LogP contribution in [-0.4, -0.2) is 19.8 Å². The first-order valence-electron chi connectivity index (χ1n) is 2.95. The van der Waals surface area contributed by atoms with Crippen molar-refractivity contribution in [2.45, 2.75) is 12.6 Å². The first kappa shape index (κ1) is 9.49. The van der Waals surface area contributed by atoms with Crippen molar-refractivity contribution in [1.29, 1.82) is 0 Å². The first-order valence-corrected chi connectivity index (χ1v) is 2.95. The van der Waals surface area contributed by atoms with Crippen molar-refractivity contribution >= 4 is 0 Å². The van der Waals surface area contributed by atoms with E-state index >= 15 is 0 Å². The summed E-state index contributed by atoms with van der Waals surface area (Å²) >= 11 is 0. The summed E-state index contributed by atoms with van der Waals surface area (Å²) < 4.78 is 34.1. The van der Waals surface area contributed by atoms with Gasteiger partial charge in [0.1, 0.15) is 0 Å². The van der Waals surface area contributed by atoms with Crippen molar-refractivity contribution in [2.75, 3.05) is 13.6 Å². The van der Waals surface area contributed by atoms with E-state index in [1.165, 1.54) is 0 Å². The van der Waals surface area contributed by atoms with Gasteiger partial charge in [-0.3, -0.25) is 0 Å². The van der Waals surface area contributed by atoms with Crippen LogP contribution in [0.4, 0.5) is 13.2 Å². The lowest BCUT2D eigenvalue weighted by Crippen LogP contribution is -2.07. The van der Waals surface area contributed by atoms with E-state index in [1.54, 1.807) is 7.05 Å². The molecule has 0 aliphatic rings. The van der Waals surface area contributed by atoms with Crippen LogP contribution in [0.1, 0.15) is 6.42 Å². The van der Waals surface area contributed by atoms with Gasteiger partial charge in [0.2, 0.25) is 0 Å². The molecule has 0 atom stereocenters. The molecule has 0 aliphatic heterocycles. The maximum absolute atomic E-state index is 11.4. The maximum atomic E-state index is 11.4. The maximum Gasteiger partial charge on any atom is 0.409 e. The van der Waals surface area contributed by atoms with Crippen LogP contribution in [0.3, 0.4) is 0 Å². The quantitative estimate of drug-likeness (QED) is 0.480. The zero-order valence-electron chi connectivity index (χ0n) is 5.70. The average Bonchev–Trinajstić information content (AvgIpc) is 1.78. The van der Waals surface area contributed by atoms with Gasteiger partial charge >= 0.3 is 6.18 Å². The third-order valence-corrected chi connectivity index (χ3v) is 0.868. The normalized spacial score (nSPS) is 12.8. The number of allylic oxidation sites excluding steroid dienone is 1. The number of hydrogen-bond donors (Lipinski definition) is 1. The molecule has 60 valence electrons. The second-order valence-electron chi connectivity index (χ2n) is 1.84.